The predicted octanol–water partition coefficient (Wildman–Crippen LogP) is 4.36. The van der Waals surface area contributed by atoms with Crippen LogP contribution in [0.15, 0.2) is 47.5 Å². The number of hydrogen-bond donors (Lipinski definition) is 1. The van der Waals surface area contributed by atoms with E-state index in [1.807, 2.05) is 0 Å². The lowest BCUT2D eigenvalue weighted by Crippen LogP contribution is -2.37. The summed E-state index contributed by atoms with van der Waals surface area (Å²) in [5, 5.41) is 17.8. The van der Waals surface area contributed by atoms with Gasteiger partial charge in [0.1, 0.15) is 6.54 Å². The van der Waals surface area contributed by atoms with Gasteiger partial charge in [0.15, 0.2) is 29.7 Å². The van der Waals surface area contributed by atoms with Gasteiger partial charge in [0.25, 0.3) is 0 Å². The van der Waals surface area contributed by atoms with E-state index in [9.17, 15) is 40.6 Å². The van der Waals surface area contributed by atoms with Gasteiger partial charge < -0.3 is 5.11 Å². The summed E-state index contributed by atoms with van der Waals surface area (Å²) < 4.78 is 96.0. The van der Waals surface area contributed by atoms with E-state index in [1.165, 1.54) is 24.3 Å². The molecule has 0 spiro atoms. The Morgan fingerprint density at radius 1 is 1.05 bits per heavy atom. The molecule has 1 unspecified atom stereocenters. The molecule has 0 aliphatic heterocycles. The molecule has 0 saturated heterocycles. The van der Waals surface area contributed by atoms with E-state index in [-0.39, 0.29) is 17.2 Å². The average Bonchev–Trinajstić information content (AvgIpc) is 3.41. The molecule has 2 atom stereocenters. The number of alkyl halides is 7. The summed E-state index contributed by atoms with van der Waals surface area (Å²) in [4.78, 5) is 20.6. The standard InChI is InChI=1S/C22H17ClF7N7O2/c1-11(24)18-32-17(33-37(18)15-8-31-7-6-14(15)21(25,26)27)10-36-20(39)35(9-16(38)22(28,29)30)19(34-36)12-2-4-13(23)5-3-12/h2-8,11,16,38H,9-10H2,1H3/t11?,16-/m0/s1. The number of benzene rings is 1. The van der Waals surface area contributed by atoms with Crippen LogP contribution in [0.4, 0.5) is 30.7 Å². The van der Waals surface area contributed by atoms with E-state index >= 15 is 0 Å². The number of aliphatic hydroxyl groups excluding tert-OH is 1. The first kappa shape index (κ1) is 28.2. The van der Waals surface area contributed by atoms with Crippen LogP contribution in [-0.2, 0) is 19.3 Å². The SMILES string of the molecule is CC(F)c1nc(Cn2nc(-c3ccc(Cl)cc3)n(C[C@H](O)C(F)(F)F)c2=O)nn1-c1cnccc1C(F)(F)F. The third kappa shape index (κ3) is 5.95. The monoisotopic (exact) mass is 579 g/mol. The van der Waals surface area contributed by atoms with Crippen molar-refractivity contribution in [3.63, 3.8) is 0 Å². The van der Waals surface area contributed by atoms with Gasteiger partial charge in [-0.25, -0.2) is 23.5 Å². The molecule has 1 N–H and O–H groups in total. The predicted molar refractivity (Wildman–Crippen MR) is 122 cm³/mol. The number of halogens is 8. The van der Waals surface area contributed by atoms with Crippen molar-refractivity contribution in [1.82, 2.24) is 34.1 Å². The molecule has 0 saturated carbocycles. The van der Waals surface area contributed by atoms with E-state index in [2.05, 4.69) is 20.2 Å². The van der Waals surface area contributed by atoms with Crippen molar-refractivity contribution in [3.05, 3.63) is 75.4 Å². The van der Waals surface area contributed by atoms with Gasteiger partial charge in [-0.15, -0.1) is 10.2 Å². The molecule has 0 radical (unpaired) electrons. The highest BCUT2D eigenvalue weighted by molar-refractivity contribution is 6.30. The van der Waals surface area contributed by atoms with Gasteiger partial charge in [0, 0.05) is 16.8 Å². The molecule has 0 aliphatic carbocycles. The summed E-state index contributed by atoms with van der Waals surface area (Å²) in [6, 6.07) is 6.22. The maximum atomic E-state index is 14.4. The highest BCUT2D eigenvalue weighted by Crippen LogP contribution is 2.34. The van der Waals surface area contributed by atoms with E-state index in [0.717, 1.165) is 19.3 Å². The molecular weight excluding hydrogens is 563 g/mol. The number of aromatic nitrogens is 7. The quantitative estimate of drug-likeness (QED) is 0.326. The average molecular weight is 580 g/mol. The highest BCUT2D eigenvalue weighted by atomic mass is 35.5. The second kappa shape index (κ2) is 10.4. The largest absolute Gasteiger partial charge is 0.418 e. The van der Waals surface area contributed by atoms with Crippen molar-refractivity contribution in [2.24, 2.45) is 0 Å². The Morgan fingerprint density at radius 3 is 2.31 bits per heavy atom. The van der Waals surface area contributed by atoms with Gasteiger partial charge >= 0.3 is 18.0 Å². The fourth-order valence-electron chi connectivity index (χ4n) is 3.60. The molecular formula is C22H17ClF7N7O2. The Kier molecular flexibility index (Phi) is 7.53. The first-order chi connectivity index (χ1) is 18.2. The maximum Gasteiger partial charge on any atom is 0.418 e. The minimum Gasteiger partial charge on any atom is -0.382 e. The highest BCUT2D eigenvalue weighted by Gasteiger charge is 2.39. The van der Waals surface area contributed by atoms with Crippen LogP contribution in [0.5, 0.6) is 0 Å². The van der Waals surface area contributed by atoms with Gasteiger partial charge in [-0.05, 0) is 37.3 Å². The summed E-state index contributed by atoms with van der Waals surface area (Å²) in [5.41, 5.74) is -2.75. The van der Waals surface area contributed by atoms with E-state index < -0.39 is 60.5 Å². The van der Waals surface area contributed by atoms with Crippen LogP contribution in [-0.4, -0.2) is 51.5 Å². The Balaban J connectivity index is 1.80. The van der Waals surface area contributed by atoms with Gasteiger partial charge in [-0.1, -0.05) is 11.6 Å². The molecule has 0 amide bonds. The number of aliphatic hydroxyl groups is 1. The zero-order chi connectivity index (χ0) is 28.7. The van der Waals surface area contributed by atoms with Crippen LogP contribution in [0.25, 0.3) is 17.1 Å². The Hall–Kier alpha value is -3.79. The van der Waals surface area contributed by atoms with Crippen LogP contribution in [0.3, 0.4) is 0 Å². The van der Waals surface area contributed by atoms with Crippen molar-refractivity contribution in [2.75, 3.05) is 0 Å². The molecule has 4 rings (SSSR count). The molecule has 39 heavy (non-hydrogen) atoms. The Bertz CT molecular complexity index is 1530. The summed E-state index contributed by atoms with van der Waals surface area (Å²) in [5.74, 6) is -1.18. The number of rotatable bonds is 7. The van der Waals surface area contributed by atoms with Crippen LogP contribution in [0.1, 0.15) is 30.3 Å². The van der Waals surface area contributed by atoms with Crippen LogP contribution < -0.4 is 5.69 Å². The first-order valence-corrected chi connectivity index (χ1v) is 11.3. The van der Waals surface area contributed by atoms with E-state index in [0.29, 0.717) is 25.0 Å². The summed E-state index contributed by atoms with van der Waals surface area (Å²) >= 11 is 5.85. The molecule has 9 nitrogen and oxygen atoms in total. The minimum atomic E-state index is -5.05. The topological polar surface area (TPSA) is 104 Å². The van der Waals surface area contributed by atoms with Crippen molar-refractivity contribution in [1.29, 1.82) is 0 Å². The van der Waals surface area contributed by atoms with Gasteiger partial charge in [0.2, 0.25) is 0 Å². The van der Waals surface area contributed by atoms with Gasteiger partial charge in [0.05, 0.1) is 24.0 Å². The zero-order valence-corrected chi connectivity index (χ0v) is 20.4. The van der Waals surface area contributed by atoms with Gasteiger partial charge in [-0.3, -0.25) is 9.55 Å². The summed E-state index contributed by atoms with van der Waals surface area (Å²) in [7, 11) is 0. The third-order valence-electron chi connectivity index (χ3n) is 5.42. The lowest BCUT2D eigenvalue weighted by Gasteiger charge is -2.15. The van der Waals surface area contributed by atoms with Crippen molar-refractivity contribution in [2.45, 2.75) is 44.6 Å². The zero-order valence-electron chi connectivity index (χ0n) is 19.6. The molecule has 0 bridgehead atoms. The van der Waals surface area contributed by atoms with Crippen LogP contribution >= 0.6 is 11.6 Å². The van der Waals surface area contributed by atoms with Crippen molar-refractivity contribution >= 4 is 11.6 Å². The lowest BCUT2D eigenvalue weighted by molar-refractivity contribution is -0.207. The number of pyridine rings is 1. The Morgan fingerprint density at radius 2 is 1.72 bits per heavy atom. The normalized spacial score (nSPS) is 14.0. The Labute approximate surface area is 219 Å². The maximum absolute atomic E-state index is 14.4. The minimum absolute atomic E-state index is 0.173. The molecule has 0 aliphatic rings. The molecule has 17 heteroatoms. The number of nitrogens with zero attached hydrogens (tertiary/aromatic N) is 7. The van der Waals surface area contributed by atoms with Crippen LogP contribution in [0, 0.1) is 0 Å². The molecule has 3 aromatic heterocycles. The van der Waals surface area contributed by atoms with E-state index in [1.54, 1.807) is 0 Å². The summed E-state index contributed by atoms with van der Waals surface area (Å²) in [6.45, 7) is -0.853. The van der Waals surface area contributed by atoms with Crippen molar-refractivity contribution < 1.29 is 35.8 Å². The molecule has 3 heterocycles. The van der Waals surface area contributed by atoms with E-state index in [4.69, 9.17) is 11.6 Å². The summed E-state index contributed by atoms with van der Waals surface area (Å²) in [6.07, 6.45) is -13.0. The third-order valence-corrected chi connectivity index (χ3v) is 5.67. The van der Waals surface area contributed by atoms with Crippen LogP contribution in [0.2, 0.25) is 5.02 Å². The lowest BCUT2D eigenvalue weighted by atomic mass is 10.2. The fraction of sp³-hybridized carbons (Fsp3) is 0.318. The molecule has 0 fully saturated rings. The van der Waals surface area contributed by atoms with Gasteiger partial charge in [-0.2, -0.15) is 26.3 Å². The fourth-order valence-corrected chi connectivity index (χ4v) is 3.72. The second-order valence-electron chi connectivity index (χ2n) is 8.24. The van der Waals surface area contributed by atoms with Crippen molar-refractivity contribution in [3.8, 4) is 17.1 Å². The molecule has 208 valence electrons. The molecule has 4 aromatic rings. The smallest absolute Gasteiger partial charge is 0.382 e. The first-order valence-electron chi connectivity index (χ1n) is 11.0. The second-order valence-corrected chi connectivity index (χ2v) is 8.68. The number of hydrogen-bond acceptors (Lipinski definition) is 6. The molecule has 1 aromatic carbocycles.